The number of aryl methyl sites for hydroxylation is 1. The van der Waals surface area contributed by atoms with E-state index in [1.807, 2.05) is 6.92 Å². The van der Waals surface area contributed by atoms with Crippen molar-refractivity contribution in [2.75, 3.05) is 6.61 Å². The molecule has 2 atom stereocenters. The van der Waals surface area contributed by atoms with Gasteiger partial charge in [0.15, 0.2) is 0 Å². The van der Waals surface area contributed by atoms with Crippen LogP contribution in [0, 0.1) is 19.8 Å². The number of aromatic nitrogens is 2. The van der Waals surface area contributed by atoms with Gasteiger partial charge in [-0.15, -0.1) is 0 Å². The van der Waals surface area contributed by atoms with Gasteiger partial charge in [0, 0.05) is 23.6 Å². The van der Waals surface area contributed by atoms with Gasteiger partial charge in [-0.05, 0) is 39.0 Å². The number of carboxylic acids is 1. The van der Waals surface area contributed by atoms with Crippen LogP contribution in [0.25, 0.3) is 0 Å². The Morgan fingerprint density at radius 1 is 1.38 bits per heavy atom. The van der Waals surface area contributed by atoms with Gasteiger partial charge in [-0.2, -0.15) is 4.98 Å². The first kappa shape index (κ1) is 14.3. The van der Waals surface area contributed by atoms with Crippen LogP contribution < -0.4 is 5.69 Å². The molecule has 2 fully saturated rings. The zero-order chi connectivity index (χ0) is 15.1. The molecule has 1 aliphatic carbocycles. The zero-order valence-electron chi connectivity index (χ0n) is 12.3. The molecule has 1 N–H and O–H groups in total. The molecule has 0 aromatic carbocycles. The number of carbonyl (C=O) groups is 1. The summed E-state index contributed by atoms with van der Waals surface area (Å²) in [6, 6.07) is -0.00866. The topological polar surface area (TPSA) is 81.4 Å². The minimum absolute atomic E-state index is 0.00866. The predicted octanol–water partition coefficient (Wildman–Crippen LogP) is 1.23. The van der Waals surface area contributed by atoms with Gasteiger partial charge >= 0.3 is 11.7 Å². The van der Waals surface area contributed by atoms with Crippen LogP contribution in [-0.4, -0.2) is 33.3 Å². The molecule has 2 heterocycles. The first-order valence-corrected chi connectivity index (χ1v) is 7.41. The fourth-order valence-electron chi connectivity index (χ4n) is 3.36. The number of ether oxygens (including phenoxy) is 1. The van der Waals surface area contributed by atoms with Crippen molar-refractivity contribution in [1.29, 1.82) is 0 Å². The maximum absolute atomic E-state index is 12.3. The van der Waals surface area contributed by atoms with Crippen molar-refractivity contribution in [3.05, 3.63) is 27.4 Å². The summed E-state index contributed by atoms with van der Waals surface area (Å²) in [6.07, 6.45) is 3.06. The summed E-state index contributed by atoms with van der Waals surface area (Å²) >= 11 is 0. The van der Waals surface area contributed by atoms with E-state index in [-0.39, 0.29) is 24.3 Å². The lowest BCUT2D eigenvalue weighted by atomic mass is 10.0. The first-order valence-electron chi connectivity index (χ1n) is 7.41. The van der Waals surface area contributed by atoms with E-state index in [0.29, 0.717) is 23.8 Å². The van der Waals surface area contributed by atoms with E-state index in [9.17, 15) is 9.59 Å². The second-order valence-electron chi connectivity index (χ2n) is 6.01. The fraction of sp³-hybridized carbons (Fsp3) is 0.667. The Bertz CT molecular complexity index is 633. The lowest BCUT2D eigenvalue weighted by Crippen LogP contribution is -2.35. The van der Waals surface area contributed by atoms with Gasteiger partial charge in [0.25, 0.3) is 0 Å². The van der Waals surface area contributed by atoms with E-state index in [2.05, 4.69) is 4.98 Å². The summed E-state index contributed by atoms with van der Waals surface area (Å²) in [6.45, 7) is 4.16. The van der Waals surface area contributed by atoms with Crippen LogP contribution in [0.1, 0.15) is 42.3 Å². The van der Waals surface area contributed by atoms with Crippen LogP contribution in [0.5, 0.6) is 0 Å². The molecule has 21 heavy (non-hydrogen) atoms. The Morgan fingerprint density at radius 2 is 2.10 bits per heavy atom. The molecule has 0 spiro atoms. The molecule has 6 nitrogen and oxygen atoms in total. The minimum atomic E-state index is -0.908. The molecule has 0 amide bonds. The average molecular weight is 292 g/mol. The molecular formula is C15H20N2O4. The molecule has 1 aliphatic heterocycles. The zero-order valence-corrected chi connectivity index (χ0v) is 12.3. The minimum Gasteiger partial charge on any atom is -0.481 e. The van der Waals surface area contributed by atoms with Gasteiger partial charge in [0.05, 0.1) is 18.6 Å². The third-order valence-electron chi connectivity index (χ3n) is 4.55. The lowest BCUT2D eigenvalue weighted by Gasteiger charge is -2.24. The number of rotatable bonds is 4. The van der Waals surface area contributed by atoms with Crippen molar-refractivity contribution in [1.82, 2.24) is 9.55 Å². The summed E-state index contributed by atoms with van der Waals surface area (Å²) in [5, 5.41) is 9.05. The predicted molar refractivity (Wildman–Crippen MR) is 75.4 cm³/mol. The molecular weight excluding hydrogens is 272 g/mol. The molecule has 1 saturated heterocycles. The van der Waals surface area contributed by atoms with Crippen molar-refractivity contribution >= 4 is 5.97 Å². The Labute approximate surface area is 122 Å². The molecule has 114 valence electrons. The molecule has 0 bridgehead atoms. The Balaban J connectivity index is 2.04. The van der Waals surface area contributed by atoms with Crippen molar-refractivity contribution in [2.24, 2.45) is 5.92 Å². The molecule has 1 aromatic rings. The highest BCUT2D eigenvalue weighted by atomic mass is 16.5. The highest BCUT2D eigenvalue weighted by molar-refractivity contribution is 5.70. The van der Waals surface area contributed by atoms with Crippen molar-refractivity contribution in [3.8, 4) is 0 Å². The first-order chi connectivity index (χ1) is 9.99. The number of nitrogens with zero attached hydrogens (tertiary/aromatic N) is 2. The van der Waals surface area contributed by atoms with E-state index in [4.69, 9.17) is 9.84 Å². The van der Waals surface area contributed by atoms with Gasteiger partial charge < -0.3 is 9.84 Å². The number of hydrogen-bond acceptors (Lipinski definition) is 4. The molecule has 2 aliphatic rings. The number of hydrogen-bond donors (Lipinski definition) is 1. The highest BCUT2D eigenvalue weighted by Gasteiger charge is 2.42. The second kappa shape index (κ2) is 5.26. The number of carboxylic acid groups (broad SMARTS) is 1. The van der Waals surface area contributed by atoms with Crippen LogP contribution >= 0.6 is 0 Å². The van der Waals surface area contributed by atoms with Crippen molar-refractivity contribution in [3.63, 3.8) is 0 Å². The summed E-state index contributed by atoms with van der Waals surface area (Å²) in [5.74, 6) is -0.373. The smallest absolute Gasteiger partial charge is 0.348 e. The van der Waals surface area contributed by atoms with Crippen LogP contribution in [0.4, 0.5) is 0 Å². The summed E-state index contributed by atoms with van der Waals surface area (Å²) in [5.41, 5.74) is 1.58. The standard InChI is InChI=1S/C15H20N2O4/c1-8-11(7-13(18)19)9(2)17(15(20)16-8)12-5-6-21-14(12)10-3-4-10/h10,12,14H,3-7H2,1-2H3,(H,18,19). The monoisotopic (exact) mass is 292 g/mol. The molecule has 1 aromatic heterocycles. The second-order valence-corrected chi connectivity index (χ2v) is 6.01. The Morgan fingerprint density at radius 3 is 2.71 bits per heavy atom. The summed E-state index contributed by atoms with van der Waals surface area (Å²) in [7, 11) is 0. The summed E-state index contributed by atoms with van der Waals surface area (Å²) in [4.78, 5) is 27.4. The van der Waals surface area contributed by atoms with E-state index >= 15 is 0 Å². The summed E-state index contributed by atoms with van der Waals surface area (Å²) < 4.78 is 7.47. The van der Waals surface area contributed by atoms with E-state index in [1.54, 1.807) is 11.5 Å². The third-order valence-corrected chi connectivity index (χ3v) is 4.55. The van der Waals surface area contributed by atoms with Crippen LogP contribution in [0.2, 0.25) is 0 Å². The van der Waals surface area contributed by atoms with Gasteiger partial charge in [-0.1, -0.05) is 0 Å². The van der Waals surface area contributed by atoms with Crippen molar-refractivity contribution in [2.45, 2.75) is 51.7 Å². The van der Waals surface area contributed by atoms with E-state index in [1.165, 1.54) is 0 Å². The van der Waals surface area contributed by atoms with Crippen LogP contribution in [-0.2, 0) is 16.0 Å². The fourth-order valence-corrected chi connectivity index (χ4v) is 3.36. The Kier molecular flexibility index (Phi) is 3.57. The maximum atomic E-state index is 12.3. The molecule has 1 saturated carbocycles. The van der Waals surface area contributed by atoms with Gasteiger partial charge in [0.1, 0.15) is 0 Å². The van der Waals surface area contributed by atoms with Gasteiger partial charge in [-0.3, -0.25) is 9.36 Å². The molecule has 2 unspecified atom stereocenters. The van der Waals surface area contributed by atoms with Gasteiger partial charge in [-0.25, -0.2) is 4.79 Å². The highest BCUT2D eigenvalue weighted by Crippen LogP contribution is 2.43. The van der Waals surface area contributed by atoms with E-state index in [0.717, 1.165) is 25.0 Å². The van der Waals surface area contributed by atoms with Gasteiger partial charge in [0.2, 0.25) is 0 Å². The third kappa shape index (κ3) is 2.60. The molecule has 6 heteroatoms. The Hall–Kier alpha value is -1.69. The normalized spacial score (nSPS) is 25.2. The largest absolute Gasteiger partial charge is 0.481 e. The number of aliphatic carboxylic acids is 1. The molecule has 0 radical (unpaired) electrons. The van der Waals surface area contributed by atoms with E-state index < -0.39 is 5.97 Å². The SMILES string of the molecule is Cc1nc(=O)n(C2CCOC2C2CC2)c(C)c1CC(=O)O. The molecule has 3 rings (SSSR count). The van der Waals surface area contributed by atoms with Crippen molar-refractivity contribution < 1.29 is 14.6 Å². The average Bonchev–Trinajstić information content (AvgIpc) is 3.14. The van der Waals surface area contributed by atoms with Crippen LogP contribution in [0.15, 0.2) is 4.79 Å². The maximum Gasteiger partial charge on any atom is 0.348 e. The quantitative estimate of drug-likeness (QED) is 0.902. The lowest BCUT2D eigenvalue weighted by molar-refractivity contribution is -0.136. The van der Waals surface area contributed by atoms with Crippen LogP contribution in [0.3, 0.4) is 0 Å².